The molecule has 6 nitrogen and oxygen atoms in total. The molecule has 0 radical (unpaired) electrons. The molecule has 2 aliphatic rings. The van der Waals surface area contributed by atoms with Crippen LogP contribution in [0.5, 0.6) is 0 Å². The van der Waals surface area contributed by atoms with Crippen LogP contribution in [-0.4, -0.2) is 48.1 Å². The molecule has 156 valence electrons. The van der Waals surface area contributed by atoms with Crippen molar-refractivity contribution < 1.29 is 14.3 Å². The number of carbonyl (C=O) groups excluding carboxylic acids is 2. The summed E-state index contributed by atoms with van der Waals surface area (Å²) < 4.78 is 5.73. The first-order valence-electron chi connectivity index (χ1n) is 9.85. The highest BCUT2D eigenvalue weighted by Gasteiger charge is 2.63. The Kier molecular flexibility index (Phi) is 7.12. The number of piperidine rings is 1. The predicted octanol–water partition coefficient (Wildman–Crippen LogP) is 2.82. The average Bonchev–Trinajstić information content (AvgIpc) is 2.68. The van der Waals surface area contributed by atoms with Gasteiger partial charge in [-0.15, -0.1) is 12.4 Å². The summed E-state index contributed by atoms with van der Waals surface area (Å²) in [5.41, 5.74) is 6.06. The van der Waals surface area contributed by atoms with Gasteiger partial charge in [-0.1, -0.05) is 32.0 Å². The minimum Gasteiger partial charge on any atom is -0.378 e. The molecule has 1 aliphatic carbocycles. The first kappa shape index (κ1) is 22.7. The van der Waals surface area contributed by atoms with Gasteiger partial charge in [0.05, 0.1) is 6.10 Å². The number of halogens is 1. The molecule has 1 saturated heterocycles. The van der Waals surface area contributed by atoms with Crippen LogP contribution in [0, 0.1) is 11.3 Å². The van der Waals surface area contributed by atoms with Crippen LogP contribution in [0.2, 0.25) is 0 Å². The van der Waals surface area contributed by atoms with E-state index in [0.29, 0.717) is 39.0 Å². The predicted molar refractivity (Wildman–Crippen MR) is 112 cm³/mol. The molecule has 3 N–H and O–H groups in total. The van der Waals surface area contributed by atoms with Gasteiger partial charge < -0.3 is 20.7 Å². The van der Waals surface area contributed by atoms with Crippen molar-refractivity contribution in [3.05, 3.63) is 30.3 Å². The van der Waals surface area contributed by atoms with Crippen molar-refractivity contribution in [2.24, 2.45) is 17.1 Å². The molecule has 1 aromatic rings. The molecular weight excluding hydrogens is 378 g/mol. The fourth-order valence-electron chi connectivity index (χ4n) is 4.19. The molecule has 1 heterocycles. The van der Waals surface area contributed by atoms with Crippen molar-refractivity contribution in [3.8, 4) is 0 Å². The van der Waals surface area contributed by atoms with Crippen LogP contribution in [0.3, 0.4) is 0 Å². The van der Waals surface area contributed by atoms with Crippen LogP contribution in [0.4, 0.5) is 5.69 Å². The number of nitrogens with one attached hydrogen (secondary N) is 1. The number of hydrogen-bond donors (Lipinski definition) is 2. The summed E-state index contributed by atoms with van der Waals surface area (Å²) in [6.07, 6.45) is 1.90. The number of ether oxygens (including phenoxy) is 1. The number of benzene rings is 1. The van der Waals surface area contributed by atoms with E-state index in [1.165, 1.54) is 0 Å². The van der Waals surface area contributed by atoms with Crippen molar-refractivity contribution in [3.63, 3.8) is 0 Å². The molecule has 2 amide bonds. The maximum atomic E-state index is 13.1. The van der Waals surface area contributed by atoms with Gasteiger partial charge in [0.15, 0.2) is 0 Å². The molecule has 1 aromatic carbocycles. The second-order valence-corrected chi connectivity index (χ2v) is 8.26. The summed E-state index contributed by atoms with van der Waals surface area (Å²) in [6.45, 7) is 7.74. The molecule has 3 rings (SSSR count). The molecule has 1 aliphatic heterocycles. The van der Waals surface area contributed by atoms with Gasteiger partial charge in [0, 0.05) is 43.1 Å². The lowest BCUT2D eigenvalue weighted by atomic mass is 9.54. The number of nitrogens with zero attached hydrogens (tertiary/aromatic N) is 1. The van der Waals surface area contributed by atoms with E-state index >= 15 is 0 Å². The molecule has 2 fully saturated rings. The second kappa shape index (κ2) is 8.80. The fourth-order valence-corrected chi connectivity index (χ4v) is 4.19. The van der Waals surface area contributed by atoms with Crippen LogP contribution < -0.4 is 11.1 Å². The van der Waals surface area contributed by atoms with Gasteiger partial charge in [0.1, 0.15) is 5.54 Å². The zero-order valence-corrected chi connectivity index (χ0v) is 17.8. The third kappa shape index (κ3) is 4.04. The Bertz CT molecular complexity index is 689. The van der Waals surface area contributed by atoms with E-state index in [2.05, 4.69) is 5.32 Å². The first-order valence-corrected chi connectivity index (χ1v) is 9.85. The number of likely N-dealkylation sites (tertiary alicyclic amines) is 1. The van der Waals surface area contributed by atoms with Gasteiger partial charge in [-0.05, 0) is 31.9 Å². The van der Waals surface area contributed by atoms with E-state index in [1.807, 2.05) is 56.0 Å². The van der Waals surface area contributed by atoms with E-state index < -0.39 is 5.54 Å². The third-order valence-electron chi connectivity index (χ3n) is 6.41. The molecule has 7 heteroatoms. The highest BCUT2D eigenvalue weighted by Crippen LogP contribution is 2.50. The summed E-state index contributed by atoms with van der Waals surface area (Å²) in [7, 11) is 0. The Hall–Kier alpha value is -1.63. The van der Waals surface area contributed by atoms with E-state index in [4.69, 9.17) is 10.5 Å². The monoisotopic (exact) mass is 409 g/mol. The topological polar surface area (TPSA) is 84.7 Å². The standard InChI is InChI=1S/C21H31N3O3.ClH/c1-4-27-17-14-21(22,20(17,2)3)19(26)24-12-10-15(11-13-24)18(25)23-16-8-6-5-7-9-16;/h5-9,15,17H,4,10-14,22H2,1-3H3,(H,23,25);1H. The van der Waals surface area contributed by atoms with Crippen LogP contribution in [0.1, 0.15) is 40.0 Å². The molecule has 0 spiro atoms. The number of anilines is 1. The number of hydrogen-bond acceptors (Lipinski definition) is 4. The van der Waals surface area contributed by atoms with Gasteiger partial charge in [0.25, 0.3) is 0 Å². The van der Waals surface area contributed by atoms with E-state index in [9.17, 15) is 9.59 Å². The molecule has 0 aromatic heterocycles. The average molecular weight is 410 g/mol. The van der Waals surface area contributed by atoms with Crippen molar-refractivity contribution in [1.82, 2.24) is 4.90 Å². The maximum Gasteiger partial charge on any atom is 0.243 e. The number of para-hydroxylation sites is 1. The quantitative estimate of drug-likeness (QED) is 0.783. The minimum absolute atomic E-state index is 0. The van der Waals surface area contributed by atoms with Crippen LogP contribution in [-0.2, 0) is 14.3 Å². The molecular formula is C21H32ClN3O3. The summed E-state index contributed by atoms with van der Waals surface area (Å²) in [6, 6.07) is 9.46. The Morgan fingerprint density at radius 3 is 2.36 bits per heavy atom. The Labute approximate surface area is 173 Å². The summed E-state index contributed by atoms with van der Waals surface area (Å²) in [5, 5.41) is 2.96. The molecule has 0 bridgehead atoms. The second-order valence-electron chi connectivity index (χ2n) is 8.26. The number of rotatable bonds is 5. The van der Waals surface area contributed by atoms with E-state index in [0.717, 1.165) is 5.69 Å². The number of carbonyl (C=O) groups is 2. The highest BCUT2D eigenvalue weighted by molar-refractivity contribution is 5.93. The minimum atomic E-state index is -0.883. The Morgan fingerprint density at radius 1 is 1.21 bits per heavy atom. The lowest BCUT2D eigenvalue weighted by Crippen LogP contribution is -2.76. The Balaban J connectivity index is 0.00000280. The van der Waals surface area contributed by atoms with Gasteiger partial charge in [-0.2, -0.15) is 0 Å². The van der Waals surface area contributed by atoms with Gasteiger partial charge in [0.2, 0.25) is 11.8 Å². The zero-order valence-electron chi connectivity index (χ0n) is 16.9. The third-order valence-corrected chi connectivity index (χ3v) is 6.41. The fraction of sp³-hybridized carbons (Fsp3) is 0.619. The lowest BCUT2D eigenvalue weighted by Gasteiger charge is -2.59. The SMILES string of the molecule is CCOC1CC(N)(C(=O)N2CCC(C(=O)Nc3ccccc3)CC2)C1(C)C.Cl. The molecule has 2 atom stereocenters. The number of amides is 2. The number of nitrogens with two attached hydrogens (primary N) is 1. The van der Waals surface area contributed by atoms with E-state index in [1.54, 1.807) is 0 Å². The van der Waals surface area contributed by atoms with Crippen LogP contribution in [0.25, 0.3) is 0 Å². The van der Waals surface area contributed by atoms with Gasteiger partial charge >= 0.3 is 0 Å². The summed E-state index contributed by atoms with van der Waals surface area (Å²) in [5.74, 6) is -0.0601. The largest absolute Gasteiger partial charge is 0.378 e. The van der Waals surface area contributed by atoms with Crippen molar-refractivity contribution in [1.29, 1.82) is 0 Å². The molecule has 1 saturated carbocycles. The van der Waals surface area contributed by atoms with Crippen molar-refractivity contribution in [2.75, 3.05) is 25.0 Å². The van der Waals surface area contributed by atoms with Gasteiger partial charge in [-0.3, -0.25) is 9.59 Å². The maximum absolute atomic E-state index is 13.1. The lowest BCUT2D eigenvalue weighted by molar-refractivity contribution is -0.180. The smallest absolute Gasteiger partial charge is 0.243 e. The first-order chi connectivity index (χ1) is 12.8. The zero-order chi connectivity index (χ0) is 19.7. The Morgan fingerprint density at radius 2 is 1.82 bits per heavy atom. The van der Waals surface area contributed by atoms with Gasteiger partial charge in [-0.25, -0.2) is 0 Å². The van der Waals surface area contributed by atoms with E-state index in [-0.39, 0.29) is 41.7 Å². The highest BCUT2D eigenvalue weighted by atomic mass is 35.5. The normalized spacial score (nSPS) is 26.7. The van der Waals surface area contributed by atoms with Crippen molar-refractivity contribution in [2.45, 2.75) is 51.7 Å². The molecule has 2 unspecified atom stereocenters. The summed E-state index contributed by atoms with van der Waals surface area (Å²) in [4.78, 5) is 27.4. The van der Waals surface area contributed by atoms with Crippen LogP contribution >= 0.6 is 12.4 Å². The van der Waals surface area contributed by atoms with Crippen molar-refractivity contribution >= 4 is 29.9 Å². The molecule has 28 heavy (non-hydrogen) atoms. The van der Waals surface area contributed by atoms with Crippen LogP contribution in [0.15, 0.2) is 30.3 Å². The summed E-state index contributed by atoms with van der Waals surface area (Å²) >= 11 is 0.